The van der Waals surface area contributed by atoms with Crippen molar-refractivity contribution in [3.05, 3.63) is 11.5 Å². The van der Waals surface area contributed by atoms with Crippen molar-refractivity contribution in [3.63, 3.8) is 0 Å². The van der Waals surface area contributed by atoms with Crippen molar-refractivity contribution in [1.29, 1.82) is 0 Å². The van der Waals surface area contributed by atoms with Crippen molar-refractivity contribution in [1.82, 2.24) is 24.2 Å². The van der Waals surface area contributed by atoms with Crippen LogP contribution in [0, 0.1) is 6.92 Å². The zero-order valence-corrected chi connectivity index (χ0v) is 13.9. The summed E-state index contributed by atoms with van der Waals surface area (Å²) in [4.78, 5) is 7.14. The van der Waals surface area contributed by atoms with E-state index in [1.165, 1.54) is 25.7 Å². The third-order valence-electron chi connectivity index (χ3n) is 4.71. The van der Waals surface area contributed by atoms with Crippen molar-refractivity contribution in [2.24, 2.45) is 7.05 Å². The maximum Gasteiger partial charge on any atom is 0.158 e. The summed E-state index contributed by atoms with van der Waals surface area (Å²) in [6.07, 6.45) is 5.42. The molecule has 5 nitrogen and oxygen atoms in total. The largest absolute Gasteiger partial charge is 0.311 e. The Morgan fingerprint density at radius 2 is 2.05 bits per heavy atom. The third kappa shape index (κ3) is 2.69. The molecule has 0 N–H and O–H groups in total. The highest BCUT2D eigenvalue weighted by atomic mass is 35.5. The highest BCUT2D eigenvalue weighted by Gasteiger charge is 2.21. The highest BCUT2D eigenvalue weighted by Crippen LogP contribution is 2.23. The van der Waals surface area contributed by atoms with Gasteiger partial charge in [-0.15, -0.1) is 11.6 Å². The van der Waals surface area contributed by atoms with Crippen LogP contribution in [0.2, 0.25) is 0 Å². The monoisotopic (exact) mass is 309 g/mol. The van der Waals surface area contributed by atoms with Gasteiger partial charge in [-0.1, -0.05) is 12.8 Å². The Morgan fingerprint density at radius 3 is 2.71 bits per heavy atom. The van der Waals surface area contributed by atoms with Gasteiger partial charge in [-0.3, -0.25) is 4.68 Å². The Labute approximate surface area is 130 Å². The van der Waals surface area contributed by atoms with Crippen LogP contribution in [0.4, 0.5) is 0 Å². The molecule has 6 heteroatoms. The van der Waals surface area contributed by atoms with E-state index in [1.807, 2.05) is 18.7 Å². The number of hydrogen-bond acceptors (Lipinski definition) is 3. The first-order valence-electron chi connectivity index (χ1n) is 7.76. The summed E-state index contributed by atoms with van der Waals surface area (Å²) in [7, 11) is 4.21. The van der Waals surface area contributed by atoms with Gasteiger partial charge in [0.05, 0.1) is 11.6 Å². The van der Waals surface area contributed by atoms with Crippen LogP contribution in [0.5, 0.6) is 0 Å². The fourth-order valence-electron chi connectivity index (χ4n) is 3.50. The molecular weight excluding hydrogens is 286 g/mol. The van der Waals surface area contributed by atoms with Crippen LogP contribution >= 0.6 is 11.6 Å². The van der Waals surface area contributed by atoms with Crippen molar-refractivity contribution >= 4 is 22.8 Å². The Hall–Kier alpha value is -1.07. The van der Waals surface area contributed by atoms with E-state index in [1.54, 1.807) is 0 Å². The van der Waals surface area contributed by atoms with Crippen LogP contribution in [-0.2, 0) is 19.5 Å². The molecule has 3 rings (SSSR count). The smallest absolute Gasteiger partial charge is 0.158 e. The van der Waals surface area contributed by atoms with E-state index in [4.69, 9.17) is 11.6 Å². The fraction of sp³-hybridized carbons (Fsp3) is 0.733. The quantitative estimate of drug-likeness (QED) is 0.797. The van der Waals surface area contributed by atoms with Crippen molar-refractivity contribution < 1.29 is 0 Å². The SMILES string of the molecule is Cc1nn(C)c2c1nc(CCl)n2CCN(C)C1CCCC1. The molecule has 21 heavy (non-hydrogen) atoms. The van der Waals surface area contributed by atoms with Crippen molar-refractivity contribution in [2.45, 2.75) is 51.1 Å². The Kier molecular flexibility index (Phi) is 4.22. The number of aryl methyl sites for hydroxylation is 2. The minimum absolute atomic E-state index is 0.446. The summed E-state index contributed by atoms with van der Waals surface area (Å²) in [5.74, 6) is 1.39. The van der Waals surface area contributed by atoms with Gasteiger partial charge in [-0.05, 0) is 26.8 Å². The van der Waals surface area contributed by atoms with Crippen LogP contribution in [0.15, 0.2) is 0 Å². The molecule has 2 aromatic rings. The molecule has 0 radical (unpaired) electrons. The maximum absolute atomic E-state index is 6.08. The maximum atomic E-state index is 6.08. The van der Waals surface area contributed by atoms with Gasteiger partial charge in [-0.2, -0.15) is 5.10 Å². The van der Waals surface area contributed by atoms with E-state index in [0.717, 1.165) is 41.8 Å². The van der Waals surface area contributed by atoms with E-state index in [0.29, 0.717) is 5.88 Å². The Morgan fingerprint density at radius 1 is 1.33 bits per heavy atom. The van der Waals surface area contributed by atoms with Gasteiger partial charge in [-0.25, -0.2) is 4.98 Å². The number of hydrogen-bond donors (Lipinski definition) is 0. The number of aromatic nitrogens is 4. The summed E-state index contributed by atoms with van der Waals surface area (Å²) in [5, 5.41) is 4.47. The number of likely N-dealkylation sites (N-methyl/N-ethyl adjacent to an activating group) is 1. The molecular formula is C15H24ClN5. The van der Waals surface area contributed by atoms with E-state index in [9.17, 15) is 0 Å². The molecule has 1 saturated carbocycles. The molecule has 0 aliphatic heterocycles. The van der Waals surface area contributed by atoms with Crippen LogP contribution in [-0.4, -0.2) is 43.9 Å². The summed E-state index contributed by atoms with van der Waals surface area (Å²) in [5.41, 5.74) is 3.04. The average Bonchev–Trinajstić information content (AvgIpc) is 3.15. The zero-order valence-electron chi connectivity index (χ0n) is 13.1. The second-order valence-electron chi connectivity index (χ2n) is 6.11. The first-order valence-corrected chi connectivity index (χ1v) is 8.30. The predicted molar refractivity (Wildman–Crippen MR) is 85.7 cm³/mol. The first-order chi connectivity index (χ1) is 10.1. The van der Waals surface area contributed by atoms with Crippen LogP contribution < -0.4 is 0 Å². The fourth-order valence-corrected chi connectivity index (χ4v) is 3.71. The average molecular weight is 310 g/mol. The molecule has 1 aliphatic rings. The highest BCUT2D eigenvalue weighted by molar-refractivity contribution is 6.16. The van der Waals surface area contributed by atoms with E-state index in [-0.39, 0.29) is 0 Å². The summed E-state index contributed by atoms with van der Waals surface area (Å²) < 4.78 is 4.15. The summed E-state index contributed by atoms with van der Waals surface area (Å²) in [6.45, 7) is 3.96. The molecule has 0 aromatic carbocycles. The molecule has 0 spiro atoms. The normalized spacial score (nSPS) is 16.6. The number of alkyl halides is 1. The lowest BCUT2D eigenvalue weighted by Gasteiger charge is -2.24. The molecule has 0 atom stereocenters. The van der Waals surface area contributed by atoms with Gasteiger partial charge in [0, 0.05) is 26.2 Å². The second kappa shape index (κ2) is 5.97. The molecule has 1 fully saturated rings. The van der Waals surface area contributed by atoms with Crippen LogP contribution in [0.25, 0.3) is 11.2 Å². The molecule has 0 amide bonds. The number of fused-ring (bicyclic) bond motifs is 1. The summed E-state index contributed by atoms with van der Waals surface area (Å²) in [6, 6.07) is 0.747. The van der Waals surface area contributed by atoms with E-state index < -0.39 is 0 Å². The topological polar surface area (TPSA) is 38.9 Å². The van der Waals surface area contributed by atoms with E-state index in [2.05, 4.69) is 26.6 Å². The zero-order chi connectivity index (χ0) is 15.0. The molecule has 0 saturated heterocycles. The lowest BCUT2D eigenvalue weighted by molar-refractivity contribution is 0.236. The number of halogens is 1. The second-order valence-corrected chi connectivity index (χ2v) is 6.38. The van der Waals surface area contributed by atoms with E-state index >= 15 is 0 Å². The van der Waals surface area contributed by atoms with Gasteiger partial charge in [0.25, 0.3) is 0 Å². The van der Waals surface area contributed by atoms with Crippen LogP contribution in [0.3, 0.4) is 0 Å². The third-order valence-corrected chi connectivity index (χ3v) is 4.95. The summed E-state index contributed by atoms with van der Waals surface area (Å²) >= 11 is 6.08. The molecule has 2 heterocycles. The van der Waals surface area contributed by atoms with Gasteiger partial charge < -0.3 is 9.47 Å². The van der Waals surface area contributed by atoms with Gasteiger partial charge >= 0.3 is 0 Å². The Balaban J connectivity index is 1.82. The van der Waals surface area contributed by atoms with Crippen molar-refractivity contribution in [3.8, 4) is 0 Å². The number of nitrogens with zero attached hydrogens (tertiary/aromatic N) is 5. The number of imidazole rings is 1. The number of rotatable bonds is 5. The van der Waals surface area contributed by atoms with Gasteiger partial charge in [0.1, 0.15) is 11.3 Å². The van der Waals surface area contributed by atoms with Gasteiger partial charge in [0.2, 0.25) is 0 Å². The standard InChI is InChI=1S/C15H24ClN5/c1-11-14-15(20(3)18-11)21(13(10-16)17-14)9-8-19(2)12-6-4-5-7-12/h12H,4-10H2,1-3H3. The predicted octanol–water partition coefficient (Wildman–Crippen LogP) is 2.69. The minimum Gasteiger partial charge on any atom is -0.311 e. The molecule has 2 aromatic heterocycles. The van der Waals surface area contributed by atoms with Crippen LogP contribution in [0.1, 0.15) is 37.2 Å². The first kappa shape index (κ1) is 14.9. The van der Waals surface area contributed by atoms with Gasteiger partial charge in [0.15, 0.2) is 5.65 Å². The molecule has 1 aliphatic carbocycles. The molecule has 0 unspecified atom stereocenters. The lowest BCUT2D eigenvalue weighted by Crippen LogP contribution is -2.32. The lowest BCUT2D eigenvalue weighted by atomic mass is 10.2. The molecule has 116 valence electrons. The molecule has 0 bridgehead atoms. The Bertz CT molecular complexity index is 624. The minimum atomic E-state index is 0.446. The van der Waals surface area contributed by atoms with Crippen molar-refractivity contribution in [2.75, 3.05) is 13.6 Å².